The first-order chi connectivity index (χ1) is 13.1. The van der Waals surface area contributed by atoms with Crippen LogP contribution in [0.3, 0.4) is 0 Å². The van der Waals surface area contributed by atoms with Crippen LogP contribution in [-0.2, 0) is 4.79 Å². The van der Waals surface area contributed by atoms with Gasteiger partial charge in [0.2, 0.25) is 5.91 Å². The summed E-state index contributed by atoms with van der Waals surface area (Å²) < 4.78 is 13.8. The lowest BCUT2D eigenvalue weighted by Crippen LogP contribution is -2.52. The Morgan fingerprint density at radius 2 is 1.70 bits per heavy atom. The molecule has 0 radical (unpaired) electrons. The van der Waals surface area contributed by atoms with E-state index >= 15 is 0 Å². The topological polar surface area (TPSA) is 59.7 Å². The standard InChI is InChI=1S/C20H25FN4O2/c21-16-5-4-6-17-15(16)13-18(22-17)20(27)25-11-9-23(10-12-25)14-19(26)24-7-2-1-3-8-24/h4-6,13,22H,1-3,7-12,14H2. The average Bonchev–Trinajstić information content (AvgIpc) is 3.14. The molecule has 3 heterocycles. The number of likely N-dealkylation sites (tertiary alicyclic amines) is 1. The van der Waals surface area contributed by atoms with Crippen molar-refractivity contribution in [2.24, 2.45) is 0 Å². The van der Waals surface area contributed by atoms with Crippen molar-refractivity contribution in [1.82, 2.24) is 19.7 Å². The number of benzene rings is 1. The fourth-order valence-electron chi connectivity index (χ4n) is 3.95. The number of aromatic amines is 1. The van der Waals surface area contributed by atoms with E-state index < -0.39 is 0 Å². The number of hydrogen-bond acceptors (Lipinski definition) is 3. The van der Waals surface area contributed by atoms with Gasteiger partial charge in [0.1, 0.15) is 11.5 Å². The van der Waals surface area contributed by atoms with Crippen LogP contribution in [0, 0.1) is 5.82 Å². The highest BCUT2D eigenvalue weighted by Crippen LogP contribution is 2.20. The molecule has 6 nitrogen and oxygen atoms in total. The zero-order valence-electron chi connectivity index (χ0n) is 15.4. The molecule has 0 saturated carbocycles. The molecule has 4 rings (SSSR count). The SMILES string of the molecule is O=C(CN1CCN(C(=O)c2cc3c(F)cccc3[nH]2)CC1)N1CCCCC1. The predicted molar refractivity (Wildman–Crippen MR) is 101 cm³/mol. The fraction of sp³-hybridized carbons (Fsp3) is 0.500. The van der Waals surface area contributed by atoms with Gasteiger partial charge in [-0.3, -0.25) is 14.5 Å². The third kappa shape index (κ3) is 3.83. The molecule has 2 amide bonds. The maximum absolute atomic E-state index is 13.8. The molecule has 0 spiro atoms. The molecule has 2 saturated heterocycles. The minimum atomic E-state index is -0.330. The smallest absolute Gasteiger partial charge is 0.270 e. The molecule has 1 N–H and O–H groups in total. The van der Waals surface area contributed by atoms with E-state index in [1.54, 1.807) is 23.1 Å². The summed E-state index contributed by atoms with van der Waals surface area (Å²) in [6.45, 7) is 4.68. The van der Waals surface area contributed by atoms with Gasteiger partial charge in [0, 0.05) is 50.2 Å². The van der Waals surface area contributed by atoms with Gasteiger partial charge in [-0.15, -0.1) is 0 Å². The molecule has 0 unspecified atom stereocenters. The zero-order chi connectivity index (χ0) is 18.8. The number of fused-ring (bicyclic) bond motifs is 1. The lowest BCUT2D eigenvalue weighted by Gasteiger charge is -2.35. The van der Waals surface area contributed by atoms with Crippen LogP contribution in [0.25, 0.3) is 10.9 Å². The minimum absolute atomic E-state index is 0.118. The number of carbonyl (C=O) groups excluding carboxylic acids is 2. The van der Waals surface area contributed by atoms with Gasteiger partial charge < -0.3 is 14.8 Å². The number of carbonyl (C=O) groups is 2. The van der Waals surface area contributed by atoms with Crippen LogP contribution in [0.4, 0.5) is 4.39 Å². The third-order valence-electron chi connectivity index (χ3n) is 5.57. The number of aromatic nitrogens is 1. The molecule has 0 bridgehead atoms. The molecular formula is C20H25FN4O2. The Hall–Kier alpha value is -2.41. The number of piperidine rings is 1. The van der Waals surface area contributed by atoms with Crippen molar-refractivity contribution in [2.45, 2.75) is 19.3 Å². The molecule has 0 aliphatic carbocycles. The maximum atomic E-state index is 13.8. The van der Waals surface area contributed by atoms with Crippen molar-refractivity contribution in [3.8, 4) is 0 Å². The van der Waals surface area contributed by atoms with Crippen LogP contribution in [0.15, 0.2) is 24.3 Å². The van der Waals surface area contributed by atoms with E-state index in [1.807, 2.05) is 4.90 Å². The summed E-state index contributed by atoms with van der Waals surface area (Å²) in [5.41, 5.74) is 1.04. The Morgan fingerprint density at radius 1 is 0.963 bits per heavy atom. The molecule has 27 heavy (non-hydrogen) atoms. The highest BCUT2D eigenvalue weighted by Gasteiger charge is 2.26. The van der Waals surface area contributed by atoms with Crippen LogP contribution >= 0.6 is 0 Å². The van der Waals surface area contributed by atoms with E-state index in [2.05, 4.69) is 9.88 Å². The van der Waals surface area contributed by atoms with Gasteiger partial charge in [0.05, 0.1) is 6.54 Å². The number of rotatable bonds is 3. The van der Waals surface area contributed by atoms with E-state index in [0.29, 0.717) is 49.3 Å². The molecule has 1 aromatic carbocycles. The van der Waals surface area contributed by atoms with Gasteiger partial charge >= 0.3 is 0 Å². The second-order valence-corrected chi connectivity index (χ2v) is 7.39. The van der Waals surface area contributed by atoms with Crippen molar-refractivity contribution >= 4 is 22.7 Å². The number of nitrogens with one attached hydrogen (secondary N) is 1. The summed E-state index contributed by atoms with van der Waals surface area (Å²) in [5.74, 6) is -0.253. The first kappa shape index (κ1) is 18.0. The van der Waals surface area contributed by atoms with E-state index in [9.17, 15) is 14.0 Å². The van der Waals surface area contributed by atoms with Gasteiger partial charge in [-0.2, -0.15) is 0 Å². The van der Waals surface area contributed by atoms with Crippen LogP contribution in [0.2, 0.25) is 0 Å². The highest BCUT2D eigenvalue weighted by atomic mass is 19.1. The number of amides is 2. The third-order valence-corrected chi connectivity index (χ3v) is 5.57. The fourth-order valence-corrected chi connectivity index (χ4v) is 3.95. The van der Waals surface area contributed by atoms with Gasteiger partial charge in [0.15, 0.2) is 0 Å². The van der Waals surface area contributed by atoms with Gasteiger partial charge in [-0.05, 0) is 37.5 Å². The van der Waals surface area contributed by atoms with Crippen molar-refractivity contribution in [2.75, 3.05) is 45.8 Å². The summed E-state index contributed by atoms with van der Waals surface area (Å²) in [5, 5.41) is 0.437. The Labute approximate surface area is 157 Å². The van der Waals surface area contributed by atoms with Crippen LogP contribution in [0.1, 0.15) is 29.8 Å². The van der Waals surface area contributed by atoms with Crippen LogP contribution < -0.4 is 0 Å². The molecule has 2 aromatic rings. The summed E-state index contributed by atoms with van der Waals surface area (Å²) in [6.07, 6.45) is 3.40. The van der Waals surface area contributed by atoms with Crippen molar-refractivity contribution < 1.29 is 14.0 Å². The Morgan fingerprint density at radius 3 is 2.41 bits per heavy atom. The largest absolute Gasteiger partial charge is 0.350 e. The van der Waals surface area contributed by atoms with Gasteiger partial charge in [0.25, 0.3) is 5.91 Å². The van der Waals surface area contributed by atoms with E-state index in [0.717, 1.165) is 25.9 Å². The number of nitrogens with zero attached hydrogens (tertiary/aromatic N) is 3. The van der Waals surface area contributed by atoms with E-state index in [-0.39, 0.29) is 17.6 Å². The second kappa shape index (κ2) is 7.68. The molecule has 1 aromatic heterocycles. The minimum Gasteiger partial charge on any atom is -0.350 e. The molecule has 0 atom stereocenters. The van der Waals surface area contributed by atoms with Crippen molar-refractivity contribution in [1.29, 1.82) is 0 Å². The zero-order valence-corrected chi connectivity index (χ0v) is 15.4. The summed E-state index contributed by atoms with van der Waals surface area (Å²) in [6, 6.07) is 6.36. The predicted octanol–water partition coefficient (Wildman–Crippen LogP) is 2.08. The van der Waals surface area contributed by atoms with Crippen molar-refractivity contribution in [3.05, 3.63) is 35.8 Å². The molecule has 2 aliphatic heterocycles. The van der Waals surface area contributed by atoms with Crippen molar-refractivity contribution in [3.63, 3.8) is 0 Å². The lowest BCUT2D eigenvalue weighted by atomic mass is 10.1. The number of halogens is 1. The first-order valence-corrected chi connectivity index (χ1v) is 9.68. The molecule has 144 valence electrons. The summed E-state index contributed by atoms with van der Waals surface area (Å²) in [7, 11) is 0. The number of piperazine rings is 1. The van der Waals surface area contributed by atoms with Gasteiger partial charge in [-0.25, -0.2) is 4.39 Å². The van der Waals surface area contributed by atoms with Crippen LogP contribution in [-0.4, -0.2) is 77.3 Å². The van der Waals surface area contributed by atoms with E-state index in [4.69, 9.17) is 0 Å². The molecule has 2 fully saturated rings. The summed E-state index contributed by atoms with van der Waals surface area (Å²) >= 11 is 0. The number of hydrogen-bond donors (Lipinski definition) is 1. The van der Waals surface area contributed by atoms with E-state index in [1.165, 1.54) is 12.5 Å². The number of H-pyrrole nitrogens is 1. The first-order valence-electron chi connectivity index (χ1n) is 9.68. The normalized spacial score (nSPS) is 18.9. The molecule has 2 aliphatic rings. The monoisotopic (exact) mass is 372 g/mol. The molecule has 7 heteroatoms. The van der Waals surface area contributed by atoms with Crippen LogP contribution in [0.5, 0.6) is 0 Å². The Bertz CT molecular complexity index is 836. The van der Waals surface area contributed by atoms with Gasteiger partial charge in [-0.1, -0.05) is 6.07 Å². The Balaban J connectivity index is 1.33. The molecular weight excluding hydrogens is 347 g/mol. The quantitative estimate of drug-likeness (QED) is 0.897. The Kier molecular flexibility index (Phi) is 5.11. The highest BCUT2D eigenvalue weighted by molar-refractivity contribution is 5.98. The lowest BCUT2D eigenvalue weighted by molar-refractivity contribution is -0.133. The maximum Gasteiger partial charge on any atom is 0.270 e. The average molecular weight is 372 g/mol. The second-order valence-electron chi connectivity index (χ2n) is 7.39. The summed E-state index contributed by atoms with van der Waals surface area (Å²) in [4.78, 5) is 34.0.